The molecule has 0 saturated heterocycles. The predicted octanol–water partition coefficient (Wildman–Crippen LogP) is 1.80. The molecule has 0 aliphatic heterocycles. The number of hydrogen-bond donors (Lipinski definition) is 2. The van der Waals surface area contributed by atoms with E-state index in [4.69, 9.17) is 10.5 Å². The summed E-state index contributed by atoms with van der Waals surface area (Å²) in [6.45, 7) is 2.12. The lowest BCUT2D eigenvalue weighted by molar-refractivity contribution is 0.177. The van der Waals surface area contributed by atoms with Crippen LogP contribution in [0, 0.1) is 5.82 Å². The van der Waals surface area contributed by atoms with Crippen molar-refractivity contribution in [3.63, 3.8) is 0 Å². The molecule has 3 N–H and O–H groups in total. The molecular formula is C15H21FN6O. The third-order valence-corrected chi connectivity index (χ3v) is 3.10. The molecule has 0 amide bonds. The van der Waals surface area contributed by atoms with Crippen LogP contribution in [-0.2, 0) is 11.3 Å². The zero-order chi connectivity index (χ0) is 16.7. The maximum atomic E-state index is 12.9. The van der Waals surface area contributed by atoms with E-state index < -0.39 is 0 Å². The van der Waals surface area contributed by atoms with Crippen LogP contribution in [0.15, 0.2) is 24.3 Å². The summed E-state index contributed by atoms with van der Waals surface area (Å²) in [6, 6.07) is 5.92. The van der Waals surface area contributed by atoms with Crippen LogP contribution < -0.4 is 11.1 Å². The van der Waals surface area contributed by atoms with Gasteiger partial charge in [0.25, 0.3) is 0 Å². The number of nitrogen functional groups attached to an aromatic ring is 1. The molecule has 7 nitrogen and oxygen atoms in total. The second kappa shape index (κ2) is 8.35. The van der Waals surface area contributed by atoms with Crippen LogP contribution >= 0.6 is 0 Å². The predicted molar refractivity (Wildman–Crippen MR) is 86.7 cm³/mol. The van der Waals surface area contributed by atoms with Gasteiger partial charge in [-0.2, -0.15) is 15.0 Å². The van der Waals surface area contributed by atoms with Gasteiger partial charge in [-0.05, 0) is 37.7 Å². The smallest absolute Gasteiger partial charge is 0.232 e. The van der Waals surface area contributed by atoms with Crippen molar-refractivity contribution in [2.24, 2.45) is 0 Å². The van der Waals surface area contributed by atoms with Gasteiger partial charge in [0.15, 0.2) is 0 Å². The topological polar surface area (TPSA) is 89.2 Å². The van der Waals surface area contributed by atoms with Gasteiger partial charge in [0.05, 0.1) is 6.54 Å². The summed E-state index contributed by atoms with van der Waals surface area (Å²) in [5.74, 6) is 0.750. The molecule has 1 heterocycles. The normalized spacial score (nSPS) is 11.0. The van der Waals surface area contributed by atoms with Crippen molar-refractivity contribution < 1.29 is 9.13 Å². The van der Waals surface area contributed by atoms with Crippen LogP contribution in [0.3, 0.4) is 0 Å². The second-order valence-corrected chi connectivity index (χ2v) is 5.15. The van der Waals surface area contributed by atoms with Crippen LogP contribution in [0.2, 0.25) is 0 Å². The molecule has 0 aliphatic carbocycles. The minimum atomic E-state index is -0.302. The Balaban J connectivity index is 2.01. The number of methoxy groups -OCH3 is 1. The molecule has 0 bridgehead atoms. The first kappa shape index (κ1) is 17.0. The van der Waals surface area contributed by atoms with E-state index in [-0.39, 0.29) is 11.8 Å². The van der Waals surface area contributed by atoms with Gasteiger partial charge in [-0.15, -0.1) is 0 Å². The molecule has 0 fully saturated rings. The summed E-state index contributed by atoms with van der Waals surface area (Å²) in [5.41, 5.74) is 6.41. The number of rotatable bonds is 8. The summed E-state index contributed by atoms with van der Waals surface area (Å²) < 4.78 is 18.0. The van der Waals surface area contributed by atoms with E-state index in [1.54, 1.807) is 19.2 Å². The lowest BCUT2D eigenvalue weighted by Crippen LogP contribution is -2.22. The number of anilines is 3. The number of hydrogen-bond acceptors (Lipinski definition) is 7. The molecule has 23 heavy (non-hydrogen) atoms. The number of ether oxygens (including phenoxy) is 1. The number of nitrogens with one attached hydrogen (secondary N) is 1. The summed E-state index contributed by atoms with van der Waals surface area (Å²) in [7, 11) is 3.66. The monoisotopic (exact) mass is 320 g/mol. The fraction of sp³-hybridized carbons (Fsp3) is 0.400. The van der Waals surface area contributed by atoms with Crippen LogP contribution in [0.4, 0.5) is 22.0 Å². The first-order valence-electron chi connectivity index (χ1n) is 7.27. The zero-order valence-electron chi connectivity index (χ0n) is 13.3. The van der Waals surface area contributed by atoms with Crippen molar-refractivity contribution >= 4 is 17.6 Å². The van der Waals surface area contributed by atoms with Gasteiger partial charge in [-0.3, -0.25) is 4.90 Å². The van der Waals surface area contributed by atoms with Crippen molar-refractivity contribution in [2.75, 3.05) is 38.4 Å². The molecule has 2 rings (SSSR count). The molecule has 1 aromatic carbocycles. The average Bonchev–Trinajstić information content (AvgIpc) is 2.49. The average molecular weight is 320 g/mol. The van der Waals surface area contributed by atoms with E-state index in [9.17, 15) is 4.39 Å². The van der Waals surface area contributed by atoms with Crippen LogP contribution in [-0.4, -0.2) is 47.2 Å². The van der Waals surface area contributed by atoms with Gasteiger partial charge in [0, 0.05) is 25.9 Å². The second-order valence-electron chi connectivity index (χ2n) is 5.15. The first-order chi connectivity index (χ1) is 11.1. The van der Waals surface area contributed by atoms with Crippen molar-refractivity contribution in [3.8, 4) is 0 Å². The minimum absolute atomic E-state index is 0.143. The third kappa shape index (κ3) is 5.76. The Hall–Kier alpha value is -2.32. The Kier molecular flexibility index (Phi) is 6.19. The van der Waals surface area contributed by atoms with E-state index >= 15 is 0 Å². The van der Waals surface area contributed by atoms with Gasteiger partial charge < -0.3 is 15.8 Å². The Morgan fingerprint density at radius 1 is 1.22 bits per heavy atom. The summed E-state index contributed by atoms with van der Waals surface area (Å²) in [5, 5.41) is 2.99. The maximum Gasteiger partial charge on any atom is 0.232 e. The van der Waals surface area contributed by atoms with Gasteiger partial charge in [0.2, 0.25) is 11.9 Å². The zero-order valence-corrected chi connectivity index (χ0v) is 13.3. The Morgan fingerprint density at radius 2 is 1.96 bits per heavy atom. The molecule has 2 aromatic rings. The van der Waals surface area contributed by atoms with E-state index in [1.165, 1.54) is 12.1 Å². The maximum absolute atomic E-state index is 12.9. The molecule has 124 valence electrons. The molecule has 0 saturated carbocycles. The van der Waals surface area contributed by atoms with Gasteiger partial charge in [0.1, 0.15) is 11.6 Å². The molecule has 0 unspecified atom stereocenters. The minimum Gasteiger partial charge on any atom is -0.385 e. The van der Waals surface area contributed by atoms with Crippen molar-refractivity contribution in [1.82, 2.24) is 19.9 Å². The number of nitrogens with two attached hydrogens (primary N) is 1. The highest BCUT2D eigenvalue weighted by molar-refractivity contribution is 5.53. The highest BCUT2D eigenvalue weighted by Crippen LogP contribution is 2.14. The van der Waals surface area contributed by atoms with Crippen molar-refractivity contribution in [3.05, 3.63) is 35.9 Å². The quantitative estimate of drug-likeness (QED) is 0.717. The van der Waals surface area contributed by atoms with E-state index in [0.717, 1.165) is 13.0 Å². The van der Waals surface area contributed by atoms with Gasteiger partial charge >= 0.3 is 0 Å². The van der Waals surface area contributed by atoms with E-state index in [2.05, 4.69) is 25.2 Å². The molecule has 8 heteroatoms. The summed E-state index contributed by atoms with van der Waals surface area (Å²) in [6.07, 6.45) is 0.925. The molecule has 0 radical (unpaired) electrons. The highest BCUT2D eigenvalue weighted by Gasteiger charge is 2.08. The van der Waals surface area contributed by atoms with Gasteiger partial charge in [-0.1, -0.05) is 0 Å². The molecule has 1 aromatic heterocycles. The summed E-state index contributed by atoms with van der Waals surface area (Å²) >= 11 is 0. The third-order valence-electron chi connectivity index (χ3n) is 3.10. The summed E-state index contributed by atoms with van der Waals surface area (Å²) in [4.78, 5) is 14.6. The Morgan fingerprint density at radius 3 is 2.65 bits per heavy atom. The fourth-order valence-electron chi connectivity index (χ4n) is 2.03. The largest absolute Gasteiger partial charge is 0.385 e. The van der Waals surface area contributed by atoms with Crippen molar-refractivity contribution in [1.29, 1.82) is 0 Å². The first-order valence-corrected chi connectivity index (χ1v) is 7.27. The SMILES string of the molecule is COCCCN(C)Cc1nc(N)nc(Nc2ccc(F)cc2)n1. The molecule has 0 spiro atoms. The molecule has 0 aliphatic rings. The lowest BCUT2D eigenvalue weighted by Gasteiger charge is -2.15. The highest BCUT2D eigenvalue weighted by atomic mass is 19.1. The number of aromatic nitrogens is 3. The molecule has 0 atom stereocenters. The van der Waals surface area contributed by atoms with E-state index in [0.29, 0.717) is 30.6 Å². The molecular weight excluding hydrogens is 299 g/mol. The standard InChI is InChI=1S/C15H21FN6O/c1-22(8-3-9-23-2)10-13-19-14(17)21-15(20-13)18-12-6-4-11(16)5-7-12/h4-7H,3,8-10H2,1-2H3,(H3,17,18,19,20,21). The lowest BCUT2D eigenvalue weighted by atomic mass is 10.3. The Bertz CT molecular complexity index is 622. The van der Waals surface area contributed by atoms with Crippen molar-refractivity contribution in [2.45, 2.75) is 13.0 Å². The van der Waals surface area contributed by atoms with E-state index in [1.807, 2.05) is 7.05 Å². The van der Waals surface area contributed by atoms with Crippen LogP contribution in [0.25, 0.3) is 0 Å². The van der Waals surface area contributed by atoms with Crippen LogP contribution in [0.1, 0.15) is 12.2 Å². The Labute approximate surface area is 134 Å². The number of nitrogens with zero attached hydrogens (tertiary/aromatic N) is 4. The number of benzene rings is 1. The van der Waals surface area contributed by atoms with Crippen LogP contribution in [0.5, 0.6) is 0 Å². The fourth-order valence-corrected chi connectivity index (χ4v) is 2.03. The number of halogens is 1. The van der Waals surface area contributed by atoms with Gasteiger partial charge in [-0.25, -0.2) is 4.39 Å².